The molecule has 1 unspecified atom stereocenters. The SMILES string of the molecule is CC/C=C\C/C=C\C/C=C\C/C=C\C/C=C\C/C=C\CCCCCCC(=O)OC(COC(=O)CCCCCCC/C=C\CCC)COC(=O)CCCCCCCCCCCCCCCCCCCCCCCCCCCCC. The molecule has 0 aliphatic rings. The summed E-state index contributed by atoms with van der Waals surface area (Å²) in [5.41, 5.74) is 0. The van der Waals surface area contributed by atoms with Crippen molar-refractivity contribution in [2.24, 2.45) is 0 Å². The molecule has 0 fully saturated rings. The Kier molecular flexibility index (Phi) is 63.2. The van der Waals surface area contributed by atoms with E-state index in [1.54, 1.807) is 0 Å². The summed E-state index contributed by atoms with van der Waals surface area (Å²) in [6, 6.07) is 0. The lowest BCUT2D eigenvalue weighted by Crippen LogP contribution is -2.30. The molecule has 0 aromatic heterocycles. The van der Waals surface area contributed by atoms with E-state index in [4.69, 9.17) is 14.2 Å². The van der Waals surface area contributed by atoms with Gasteiger partial charge in [-0.1, -0.05) is 311 Å². The van der Waals surface area contributed by atoms with Crippen molar-refractivity contribution in [2.75, 3.05) is 13.2 Å². The van der Waals surface area contributed by atoms with Crippen LogP contribution in [0.25, 0.3) is 0 Å². The maximum Gasteiger partial charge on any atom is 0.306 e. The van der Waals surface area contributed by atoms with Gasteiger partial charge in [0, 0.05) is 19.3 Å². The van der Waals surface area contributed by atoms with Crippen LogP contribution in [0.4, 0.5) is 0 Å². The zero-order chi connectivity index (χ0) is 56.4. The summed E-state index contributed by atoms with van der Waals surface area (Å²) in [6.45, 7) is 6.48. The van der Waals surface area contributed by atoms with Crippen molar-refractivity contribution >= 4 is 17.9 Å². The third-order valence-corrected chi connectivity index (χ3v) is 14.6. The van der Waals surface area contributed by atoms with E-state index in [-0.39, 0.29) is 31.1 Å². The van der Waals surface area contributed by atoms with Crippen LogP contribution in [-0.4, -0.2) is 37.2 Å². The molecule has 0 spiro atoms. The van der Waals surface area contributed by atoms with Crippen LogP contribution in [0.2, 0.25) is 0 Å². The van der Waals surface area contributed by atoms with Crippen molar-refractivity contribution < 1.29 is 28.6 Å². The first kappa shape index (κ1) is 74.6. The molecule has 0 aliphatic carbocycles. The highest BCUT2D eigenvalue weighted by Crippen LogP contribution is 2.18. The highest BCUT2D eigenvalue weighted by Gasteiger charge is 2.19. The van der Waals surface area contributed by atoms with Gasteiger partial charge in [0.15, 0.2) is 6.10 Å². The zero-order valence-electron chi connectivity index (χ0n) is 51.7. The number of rotatable bonds is 61. The minimum absolute atomic E-state index is 0.0873. The number of ether oxygens (including phenoxy) is 3. The number of hydrogen-bond donors (Lipinski definition) is 0. The lowest BCUT2D eigenvalue weighted by Gasteiger charge is -2.18. The van der Waals surface area contributed by atoms with Crippen LogP contribution in [0.15, 0.2) is 85.1 Å². The quantitative estimate of drug-likeness (QED) is 0.0261. The van der Waals surface area contributed by atoms with Crippen LogP contribution in [0.3, 0.4) is 0 Å². The summed E-state index contributed by atoms with van der Waals surface area (Å²) in [5.74, 6) is -0.911. The van der Waals surface area contributed by atoms with Gasteiger partial charge in [0.05, 0.1) is 0 Å². The Labute approximate surface area is 484 Å². The van der Waals surface area contributed by atoms with E-state index in [0.717, 1.165) is 128 Å². The Balaban J connectivity index is 4.23. The molecule has 450 valence electrons. The maximum atomic E-state index is 12.9. The number of hydrogen-bond acceptors (Lipinski definition) is 6. The minimum Gasteiger partial charge on any atom is -0.462 e. The molecule has 0 saturated heterocycles. The monoisotopic (exact) mass is 1090 g/mol. The van der Waals surface area contributed by atoms with Gasteiger partial charge < -0.3 is 14.2 Å². The molecule has 0 heterocycles. The molecule has 0 saturated carbocycles. The highest BCUT2D eigenvalue weighted by atomic mass is 16.6. The van der Waals surface area contributed by atoms with Crippen molar-refractivity contribution in [3.05, 3.63) is 85.1 Å². The van der Waals surface area contributed by atoms with Crippen LogP contribution in [0.1, 0.15) is 335 Å². The Morgan fingerprint density at radius 1 is 0.269 bits per heavy atom. The van der Waals surface area contributed by atoms with Crippen molar-refractivity contribution in [3.63, 3.8) is 0 Å². The normalized spacial score (nSPS) is 12.6. The molecule has 1 atom stereocenters. The molecule has 6 heteroatoms. The second-order valence-electron chi connectivity index (χ2n) is 22.4. The zero-order valence-corrected chi connectivity index (χ0v) is 51.7. The first-order chi connectivity index (χ1) is 38.5. The van der Waals surface area contributed by atoms with Gasteiger partial charge in [-0.2, -0.15) is 0 Å². The molecule has 0 radical (unpaired) electrons. The lowest BCUT2D eigenvalue weighted by molar-refractivity contribution is -0.167. The minimum atomic E-state index is -0.793. The third kappa shape index (κ3) is 63.4. The first-order valence-corrected chi connectivity index (χ1v) is 33.6. The number of esters is 3. The Morgan fingerprint density at radius 2 is 0.526 bits per heavy atom. The van der Waals surface area contributed by atoms with Crippen molar-refractivity contribution in [1.82, 2.24) is 0 Å². The number of unbranched alkanes of at least 4 members (excludes halogenated alkanes) is 36. The largest absolute Gasteiger partial charge is 0.462 e. The maximum absolute atomic E-state index is 12.9. The molecule has 0 amide bonds. The van der Waals surface area contributed by atoms with E-state index in [1.807, 2.05) is 0 Å². The Bertz CT molecular complexity index is 1480. The average Bonchev–Trinajstić information content (AvgIpc) is 3.44. The first-order valence-electron chi connectivity index (χ1n) is 33.6. The summed E-state index contributed by atoms with van der Waals surface area (Å²) in [6.07, 6.45) is 87.6. The Hall–Kier alpha value is -3.41. The predicted octanol–water partition coefficient (Wildman–Crippen LogP) is 23.1. The van der Waals surface area contributed by atoms with E-state index < -0.39 is 6.10 Å². The van der Waals surface area contributed by atoms with Gasteiger partial charge in [0.25, 0.3) is 0 Å². The van der Waals surface area contributed by atoms with Crippen LogP contribution >= 0.6 is 0 Å². The average molecular weight is 1090 g/mol. The molecular formula is C72H126O6. The molecule has 78 heavy (non-hydrogen) atoms. The third-order valence-electron chi connectivity index (χ3n) is 14.6. The Morgan fingerprint density at radius 3 is 0.846 bits per heavy atom. The molecule has 0 aromatic carbocycles. The topological polar surface area (TPSA) is 78.9 Å². The predicted molar refractivity (Wildman–Crippen MR) is 339 cm³/mol. The van der Waals surface area contributed by atoms with Crippen molar-refractivity contribution in [2.45, 2.75) is 341 Å². The molecule has 0 rings (SSSR count). The smallest absolute Gasteiger partial charge is 0.306 e. The van der Waals surface area contributed by atoms with Gasteiger partial charge in [-0.05, 0) is 89.9 Å². The fourth-order valence-electron chi connectivity index (χ4n) is 9.63. The summed E-state index contributed by atoms with van der Waals surface area (Å²) < 4.78 is 16.9. The summed E-state index contributed by atoms with van der Waals surface area (Å²) in [4.78, 5) is 38.3. The second kappa shape index (κ2) is 66.1. The molecule has 6 nitrogen and oxygen atoms in total. The summed E-state index contributed by atoms with van der Waals surface area (Å²) >= 11 is 0. The molecule has 0 N–H and O–H groups in total. The number of carbonyl (C=O) groups is 3. The van der Waals surface area contributed by atoms with Gasteiger partial charge in [-0.25, -0.2) is 0 Å². The van der Waals surface area contributed by atoms with Gasteiger partial charge in [0.1, 0.15) is 13.2 Å². The lowest BCUT2D eigenvalue weighted by atomic mass is 10.0. The fourth-order valence-corrected chi connectivity index (χ4v) is 9.63. The van der Waals surface area contributed by atoms with Gasteiger partial charge in [0.2, 0.25) is 0 Å². The summed E-state index contributed by atoms with van der Waals surface area (Å²) in [5, 5.41) is 0. The van der Waals surface area contributed by atoms with E-state index in [0.29, 0.717) is 19.3 Å². The molecular weight excluding hydrogens is 961 g/mol. The standard InChI is InChI=1S/C72H126O6/c1-4-7-10-13-16-19-22-24-26-28-30-32-34-35-36-37-39-40-42-44-46-48-50-53-56-59-62-65-71(74)77-68-69(67-76-70(73)64-61-58-55-52-21-18-15-12-9-6-3)78-72(75)66-63-60-57-54-51-49-47-45-43-41-38-33-31-29-27-25-23-20-17-14-11-8-5-2/h8,11-12,15,17,20,25,27,31,33,41,43,47,49,69H,4-7,9-10,13-14,16,18-19,21-24,26,28-30,32,34-40,42,44-46,48,50-68H2,1-3H3/b11-8-,15-12-,20-17-,27-25-,33-31-,43-41-,49-47-. The fraction of sp³-hybridized carbons (Fsp3) is 0.764. The van der Waals surface area contributed by atoms with E-state index in [2.05, 4.69) is 106 Å². The van der Waals surface area contributed by atoms with Crippen molar-refractivity contribution in [1.29, 1.82) is 0 Å². The molecule has 0 bridgehead atoms. The van der Waals surface area contributed by atoms with Gasteiger partial charge in [-0.3, -0.25) is 14.4 Å². The van der Waals surface area contributed by atoms with Gasteiger partial charge >= 0.3 is 17.9 Å². The van der Waals surface area contributed by atoms with Crippen LogP contribution in [0.5, 0.6) is 0 Å². The summed E-state index contributed by atoms with van der Waals surface area (Å²) in [7, 11) is 0. The molecule has 0 aromatic rings. The number of carbonyl (C=O) groups excluding carboxylic acids is 3. The van der Waals surface area contributed by atoms with Crippen LogP contribution < -0.4 is 0 Å². The second-order valence-corrected chi connectivity index (χ2v) is 22.4. The number of allylic oxidation sites excluding steroid dienone is 14. The van der Waals surface area contributed by atoms with E-state index in [9.17, 15) is 14.4 Å². The molecule has 0 aliphatic heterocycles. The van der Waals surface area contributed by atoms with Crippen LogP contribution in [-0.2, 0) is 28.6 Å². The highest BCUT2D eigenvalue weighted by molar-refractivity contribution is 5.71. The van der Waals surface area contributed by atoms with Crippen molar-refractivity contribution in [3.8, 4) is 0 Å². The van der Waals surface area contributed by atoms with E-state index >= 15 is 0 Å². The van der Waals surface area contributed by atoms with Crippen LogP contribution in [0, 0.1) is 0 Å². The van der Waals surface area contributed by atoms with E-state index in [1.165, 1.54) is 167 Å². The van der Waals surface area contributed by atoms with Gasteiger partial charge in [-0.15, -0.1) is 0 Å².